The Morgan fingerprint density at radius 2 is 2.00 bits per heavy atom. The van der Waals surface area contributed by atoms with E-state index in [4.69, 9.17) is 5.26 Å². The van der Waals surface area contributed by atoms with Crippen molar-refractivity contribution in [3.63, 3.8) is 0 Å². The van der Waals surface area contributed by atoms with Gasteiger partial charge in [0.15, 0.2) is 0 Å². The highest BCUT2D eigenvalue weighted by Crippen LogP contribution is 2.28. The first kappa shape index (κ1) is 11.9. The molecule has 0 unspecified atom stereocenters. The second kappa shape index (κ2) is 4.48. The predicted molar refractivity (Wildman–Crippen MR) is 70.7 cm³/mol. The van der Waals surface area contributed by atoms with Gasteiger partial charge in [0.2, 0.25) is 0 Å². The minimum Gasteiger partial charge on any atom is -0.317 e. The predicted octanol–water partition coefficient (Wildman–Crippen LogP) is 0.557. The van der Waals surface area contributed by atoms with Crippen LogP contribution in [-0.2, 0) is 4.79 Å². The van der Waals surface area contributed by atoms with Crippen LogP contribution in [0, 0.1) is 11.3 Å². The first-order valence-corrected chi connectivity index (χ1v) is 6.37. The zero-order chi connectivity index (χ0) is 13.3. The number of benzene rings is 1. The number of hydrogen-bond acceptors (Lipinski definition) is 4. The number of aliphatic imine (C=N–C) groups is 1. The Labute approximate surface area is 111 Å². The third-order valence-electron chi connectivity index (χ3n) is 3.71. The maximum absolute atomic E-state index is 12.2. The Balaban J connectivity index is 2.01. The quantitative estimate of drug-likeness (QED) is 0.768. The minimum atomic E-state index is -0.636. The van der Waals surface area contributed by atoms with Crippen molar-refractivity contribution in [1.82, 2.24) is 10.6 Å². The summed E-state index contributed by atoms with van der Waals surface area (Å²) >= 11 is 0. The lowest BCUT2D eigenvalue weighted by Crippen LogP contribution is -2.47. The summed E-state index contributed by atoms with van der Waals surface area (Å²) in [5, 5.41) is 15.2. The van der Waals surface area contributed by atoms with Gasteiger partial charge in [-0.25, -0.2) is 0 Å². The lowest BCUT2D eigenvalue weighted by Gasteiger charge is -2.28. The fourth-order valence-corrected chi connectivity index (χ4v) is 2.61. The number of carbonyl (C=O) groups excluding carboxylic acids is 1. The number of amidine groups is 1. The fraction of sp³-hybridized carbons (Fsp3) is 0.357. The molecule has 5 nitrogen and oxygen atoms in total. The Morgan fingerprint density at radius 3 is 2.74 bits per heavy atom. The van der Waals surface area contributed by atoms with Crippen LogP contribution in [0.2, 0.25) is 0 Å². The Morgan fingerprint density at radius 1 is 1.26 bits per heavy atom. The van der Waals surface area contributed by atoms with Crippen LogP contribution < -0.4 is 10.6 Å². The summed E-state index contributed by atoms with van der Waals surface area (Å²) < 4.78 is 0. The fourth-order valence-electron chi connectivity index (χ4n) is 2.61. The highest BCUT2D eigenvalue weighted by molar-refractivity contribution is 6.16. The summed E-state index contributed by atoms with van der Waals surface area (Å²) in [4.78, 5) is 16.8. The molecule has 1 spiro atoms. The van der Waals surface area contributed by atoms with Crippen molar-refractivity contribution in [1.29, 1.82) is 5.26 Å². The van der Waals surface area contributed by atoms with E-state index in [1.54, 1.807) is 12.1 Å². The first-order valence-electron chi connectivity index (χ1n) is 6.37. The smallest absolute Gasteiger partial charge is 0.253 e. The van der Waals surface area contributed by atoms with Crippen LogP contribution in [0.4, 0.5) is 0 Å². The van der Waals surface area contributed by atoms with Gasteiger partial charge < -0.3 is 10.6 Å². The van der Waals surface area contributed by atoms with Crippen molar-refractivity contribution in [3.05, 3.63) is 35.4 Å². The number of piperidine rings is 1. The molecular formula is C14H14N4O. The Kier molecular flexibility index (Phi) is 2.80. The highest BCUT2D eigenvalue weighted by Gasteiger charge is 2.44. The van der Waals surface area contributed by atoms with Gasteiger partial charge in [0.05, 0.1) is 11.6 Å². The van der Waals surface area contributed by atoms with Crippen LogP contribution >= 0.6 is 0 Å². The number of hydrogen-bond donors (Lipinski definition) is 2. The van der Waals surface area contributed by atoms with Crippen LogP contribution in [0.1, 0.15) is 24.0 Å². The molecule has 0 aliphatic carbocycles. The second-order valence-electron chi connectivity index (χ2n) is 4.85. The third-order valence-corrected chi connectivity index (χ3v) is 3.71. The van der Waals surface area contributed by atoms with Crippen molar-refractivity contribution in [2.75, 3.05) is 13.1 Å². The molecule has 0 atom stereocenters. The number of amides is 1. The Hall–Kier alpha value is -2.19. The molecule has 96 valence electrons. The van der Waals surface area contributed by atoms with E-state index in [2.05, 4.69) is 21.7 Å². The molecule has 1 aromatic rings. The molecule has 1 saturated heterocycles. The van der Waals surface area contributed by atoms with Gasteiger partial charge in [-0.3, -0.25) is 9.79 Å². The molecule has 2 aliphatic rings. The van der Waals surface area contributed by atoms with Gasteiger partial charge in [-0.15, -0.1) is 0 Å². The monoisotopic (exact) mass is 254 g/mol. The summed E-state index contributed by atoms with van der Waals surface area (Å²) in [5.74, 6) is 0.487. The van der Waals surface area contributed by atoms with E-state index in [-0.39, 0.29) is 5.91 Å². The average molecular weight is 254 g/mol. The lowest BCUT2D eigenvalue weighted by molar-refractivity contribution is -0.124. The van der Waals surface area contributed by atoms with Gasteiger partial charge in [0.25, 0.3) is 5.91 Å². The number of rotatable bonds is 1. The van der Waals surface area contributed by atoms with Gasteiger partial charge >= 0.3 is 0 Å². The van der Waals surface area contributed by atoms with Gasteiger partial charge in [-0.05, 0) is 38.1 Å². The number of nitriles is 1. The molecule has 0 saturated carbocycles. The van der Waals surface area contributed by atoms with Gasteiger partial charge in [0, 0.05) is 5.56 Å². The van der Waals surface area contributed by atoms with E-state index in [9.17, 15) is 4.79 Å². The van der Waals surface area contributed by atoms with Crippen LogP contribution in [0.25, 0.3) is 0 Å². The van der Waals surface area contributed by atoms with E-state index in [1.165, 1.54) is 0 Å². The van der Waals surface area contributed by atoms with E-state index in [1.807, 2.05) is 12.1 Å². The van der Waals surface area contributed by atoms with Crippen LogP contribution in [-0.4, -0.2) is 30.4 Å². The SMILES string of the molecule is N#Cc1ccccc1C1=NC2(CCNCC2)C(=O)N1. The van der Waals surface area contributed by atoms with E-state index in [0.29, 0.717) is 29.8 Å². The molecule has 0 bridgehead atoms. The topological polar surface area (TPSA) is 77.3 Å². The van der Waals surface area contributed by atoms with Crippen molar-refractivity contribution in [2.24, 2.45) is 4.99 Å². The molecule has 2 N–H and O–H groups in total. The van der Waals surface area contributed by atoms with Crippen LogP contribution in [0.3, 0.4) is 0 Å². The molecule has 0 aromatic heterocycles. The van der Waals surface area contributed by atoms with Crippen molar-refractivity contribution in [3.8, 4) is 6.07 Å². The standard InChI is InChI=1S/C14H14N4O/c15-9-10-3-1-2-4-11(10)12-17-13(19)14(18-12)5-7-16-8-6-14/h1-4,16H,5-8H2,(H,17,18,19). The maximum atomic E-state index is 12.2. The summed E-state index contributed by atoms with van der Waals surface area (Å²) in [6, 6.07) is 9.34. The zero-order valence-corrected chi connectivity index (χ0v) is 10.4. The van der Waals surface area contributed by atoms with E-state index < -0.39 is 5.54 Å². The summed E-state index contributed by atoms with van der Waals surface area (Å²) in [6.07, 6.45) is 1.41. The van der Waals surface area contributed by atoms with E-state index >= 15 is 0 Å². The minimum absolute atomic E-state index is 0.0447. The number of nitrogens with one attached hydrogen (secondary N) is 2. The molecule has 0 radical (unpaired) electrons. The largest absolute Gasteiger partial charge is 0.317 e. The van der Waals surface area contributed by atoms with Crippen LogP contribution in [0.5, 0.6) is 0 Å². The lowest BCUT2D eigenvalue weighted by atomic mass is 9.89. The Bertz CT molecular complexity index is 594. The molecule has 2 aliphatic heterocycles. The third kappa shape index (κ3) is 1.90. The first-order chi connectivity index (χ1) is 9.25. The zero-order valence-electron chi connectivity index (χ0n) is 10.4. The van der Waals surface area contributed by atoms with Crippen molar-refractivity contribution in [2.45, 2.75) is 18.4 Å². The summed E-state index contributed by atoms with van der Waals surface area (Å²) in [7, 11) is 0. The molecule has 2 heterocycles. The molecule has 1 aromatic carbocycles. The second-order valence-corrected chi connectivity index (χ2v) is 4.85. The summed E-state index contributed by atoms with van der Waals surface area (Å²) in [5.41, 5.74) is 0.602. The van der Waals surface area contributed by atoms with Crippen molar-refractivity contribution >= 4 is 11.7 Å². The highest BCUT2D eigenvalue weighted by atomic mass is 16.2. The van der Waals surface area contributed by atoms with Gasteiger partial charge in [-0.2, -0.15) is 5.26 Å². The average Bonchev–Trinajstić information content (AvgIpc) is 2.76. The maximum Gasteiger partial charge on any atom is 0.253 e. The van der Waals surface area contributed by atoms with Crippen LogP contribution in [0.15, 0.2) is 29.3 Å². The molecule has 3 rings (SSSR count). The molecule has 5 heteroatoms. The van der Waals surface area contributed by atoms with E-state index in [0.717, 1.165) is 13.1 Å². The van der Waals surface area contributed by atoms with Crippen molar-refractivity contribution < 1.29 is 4.79 Å². The molecule has 1 fully saturated rings. The van der Waals surface area contributed by atoms with Gasteiger partial charge in [0.1, 0.15) is 11.4 Å². The summed E-state index contributed by atoms with van der Waals surface area (Å²) in [6.45, 7) is 1.59. The number of carbonyl (C=O) groups is 1. The normalized spacial score (nSPS) is 20.8. The molecule has 19 heavy (non-hydrogen) atoms. The number of nitrogens with zero attached hydrogens (tertiary/aromatic N) is 2. The molecule has 1 amide bonds. The van der Waals surface area contributed by atoms with Gasteiger partial charge in [-0.1, -0.05) is 12.1 Å². The molecular weight excluding hydrogens is 240 g/mol.